The van der Waals surface area contributed by atoms with Crippen molar-refractivity contribution in [2.45, 2.75) is 58.9 Å². The number of nitrogens with zero attached hydrogens (tertiary/aromatic N) is 3. The molecule has 2 rings (SSSR count). The Morgan fingerprint density at radius 2 is 1.94 bits per heavy atom. The van der Waals surface area contributed by atoms with Gasteiger partial charge in [0.05, 0.1) is 11.2 Å². The number of nitrogens with one attached hydrogen (secondary N) is 2. The highest BCUT2D eigenvalue weighted by molar-refractivity contribution is 5.76. The summed E-state index contributed by atoms with van der Waals surface area (Å²) in [4.78, 5) is 20.9. The highest BCUT2D eigenvalue weighted by Gasteiger charge is 2.30. The highest BCUT2D eigenvalue weighted by Crippen LogP contribution is 2.25. The monoisotopic (exact) mass is 417 g/mol. The molecule has 2 amide bonds. The molecule has 0 bridgehead atoms. The Morgan fingerprint density at radius 1 is 1.19 bits per heavy atom. The van der Waals surface area contributed by atoms with Crippen molar-refractivity contribution >= 4 is 6.03 Å². The first-order valence-corrected chi connectivity index (χ1v) is 10.6. The van der Waals surface area contributed by atoms with E-state index in [0.717, 1.165) is 25.0 Å². The number of carbonyl (C=O) groups is 1. The number of benzene rings is 1. The van der Waals surface area contributed by atoms with E-state index < -0.39 is 5.54 Å². The number of nitriles is 1. The largest absolute Gasteiger partial charge is 0.327 e. The van der Waals surface area contributed by atoms with Crippen LogP contribution in [0.25, 0.3) is 0 Å². The van der Waals surface area contributed by atoms with Crippen molar-refractivity contribution in [1.82, 2.24) is 20.6 Å². The molecule has 2 aromatic rings. The van der Waals surface area contributed by atoms with Crippen molar-refractivity contribution in [1.29, 1.82) is 5.26 Å². The fraction of sp³-hybridized carbons (Fsp3) is 0.360. The second-order valence-corrected chi connectivity index (χ2v) is 7.92. The van der Waals surface area contributed by atoms with Gasteiger partial charge in [0.15, 0.2) is 0 Å². The van der Waals surface area contributed by atoms with Crippen LogP contribution in [0.1, 0.15) is 64.0 Å². The van der Waals surface area contributed by atoms with Gasteiger partial charge in [-0.05, 0) is 51.3 Å². The van der Waals surface area contributed by atoms with Crippen LogP contribution >= 0.6 is 0 Å². The van der Waals surface area contributed by atoms with E-state index in [-0.39, 0.29) is 11.9 Å². The lowest BCUT2D eigenvalue weighted by molar-refractivity contribution is 0.225. The van der Waals surface area contributed by atoms with Gasteiger partial charge in [-0.1, -0.05) is 61.7 Å². The molecular weight excluding hydrogens is 386 g/mol. The van der Waals surface area contributed by atoms with Gasteiger partial charge in [0.2, 0.25) is 5.82 Å². The number of rotatable bonds is 9. The minimum Gasteiger partial charge on any atom is -0.327 e. The van der Waals surface area contributed by atoms with Crippen LogP contribution in [0, 0.1) is 11.3 Å². The first-order chi connectivity index (χ1) is 14.9. The molecule has 6 heteroatoms. The molecule has 0 aliphatic carbocycles. The van der Waals surface area contributed by atoms with Crippen molar-refractivity contribution in [3.05, 3.63) is 83.1 Å². The molecule has 2 N–H and O–H groups in total. The summed E-state index contributed by atoms with van der Waals surface area (Å²) in [6.45, 7) is 7.95. The predicted octanol–water partition coefficient (Wildman–Crippen LogP) is 5.15. The molecule has 0 aliphatic heterocycles. The zero-order chi connectivity index (χ0) is 22.7. The molecule has 162 valence electrons. The van der Waals surface area contributed by atoms with E-state index in [1.54, 1.807) is 12.3 Å². The molecule has 1 aromatic carbocycles. The molecule has 1 heterocycles. The van der Waals surface area contributed by atoms with Gasteiger partial charge in [-0.15, -0.1) is 0 Å². The first kappa shape index (κ1) is 23.8. The maximum absolute atomic E-state index is 12.7. The summed E-state index contributed by atoms with van der Waals surface area (Å²) in [5.74, 6) is 0.0949. The van der Waals surface area contributed by atoms with Gasteiger partial charge in [-0.25, -0.2) is 14.8 Å². The summed E-state index contributed by atoms with van der Waals surface area (Å²) in [6, 6.07) is 13.7. The van der Waals surface area contributed by atoms with Crippen molar-refractivity contribution in [2.24, 2.45) is 0 Å². The Labute approximate surface area is 185 Å². The molecule has 31 heavy (non-hydrogen) atoms. The molecule has 0 saturated carbocycles. The van der Waals surface area contributed by atoms with Crippen LogP contribution in [0.5, 0.6) is 0 Å². The van der Waals surface area contributed by atoms with E-state index >= 15 is 0 Å². The molecule has 0 radical (unpaired) electrons. The molecule has 0 aliphatic rings. The molecule has 0 spiro atoms. The van der Waals surface area contributed by atoms with Gasteiger partial charge in [0, 0.05) is 11.9 Å². The zero-order valence-corrected chi connectivity index (χ0v) is 18.8. The van der Waals surface area contributed by atoms with E-state index in [9.17, 15) is 4.79 Å². The molecule has 6 nitrogen and oxygen atoms in total. The highest BCUT2D eigenvalue weighted by atomic mass is 16.2. The number of allylic oxidation sites excluding steroid dienone is 4. The summed E-state index contributed by atoms with van der Waals surface area (Å²) in [5.41, 5.74) is 3.12. The number of hydrogen-bond donors (Lipinski definition) is 2. The molecule has 1 unspecified atom stereocenters. The van der Waals surface area contributed by atoms with Gasteiger partial charge >= 0.3 is 6.03 Å². The van der Waals surface area contributed by atoms with Crippen LogP contribution in [0.3, 0.4) is 0 Å². The third-order valence-corrected chi connectivity index (χ3v) is 4.99. The van der Waals surface area contributed by atoms with Crippen molar-refractivity contribution in [3.63, 3.8) is 0 Å². The number of hydrogen-bond acceptors (Lipinski definition) is 4. The number of amides is 2. The smallest absolute Gasteiger partial charge is 0.319 e. The van der Waals surface area contributed by atoms with Gasteiger partial charge in [0.25, 0.3) is 0 Å². The Bertz CT molecular complexity index is 975. The molecule has 0 fully saturated rings. The van der Waals surface area contributed by atoms with E-state index in [2.05, 4.69) is 46.6 Å². The minimum atomic E-state index is -0.700. The van der Waals surface area contributed by atoms with E-state index in [1.165, 1.54) is 11.1 Å². The van der Waals surface area contributed by atoms with Gasteiger partial charge in [0.1, 0.15) is 6.07 Å². The predicted molar refractivity (Wildman–Crippen MR) is 123 cm³/mol. The molecule has 1 aromatic heterocycles. The summed E-state index contributed by atoms with van der Waals surface area (Å²) >= 11 is 0. The SMILES string of the molecule is CCCCC(C)(NC(=O)N/C(C)=C/C=C(\C)Cc1ccccc1)c1ccnc(C#N)n1. The lowest BCUT2D eigenvalue weighted by Gasteiger charge is -2.30. The van der Waals surface area contributed by atoms with Crippen LogP contribution in [0.2, 0.25) is 0 Å². The van der Waals surface area contributed by atoms with Crippen LogP contribution in [0.15, 0.2) is 66.0 Å². The lowest BCUT2D eigenvalue weighted by Crippen LogP contribution is -2.48. The van der Waals surface area contributed by atoms with Crippen LogP contribution in [-0.2, 0) is 12.0 Å². The normalized spacial score (nSPS) is 13.8. The number of carbonyl (C=O) groups excluding carboxylic acids is 1. The second kappa shape index (κ2) is 11.7. The maximum atomic E-state index is 12.7. The van der Waals surface area contributed by atoms with Crippen molar-refractivity contribution in [2.75, 3.05) is 0 Å². The lowest BCUT2D eigenvalue weighted by atomic mass is 9.91. The average Bonchev–Trinajstić information content (AvgIpc) is 2.77. The van der Waals surface area contributed by atoms with Gasteiger partial charge in [-0.2, -0.15) is 5.26 Å². The minimum absolute atomic E-state index is 0.0949. The standard InChI is InChI=1S/C25H31N5O/c1-5-6-15-25(4,22-14-16-27-23(18-26)29-22)30-24(31)28-20(3)13-12-19(2)17-21-10-8-7-9-11-21/h7-14,16H,5-6,15,17H2,1-4H3,(H2,28,30,31)/b19-12+,20-13+. The maximum Gasteiger partial charge on any atom is 0.319 e. The summed E-state index contributed by atoms with van der Waals surface area (Å²) in [5, 5.41) is 15.0. The Morgan fingerprint density at radius 3 is 2.61 bits per heavy atom. The first-order valence-electron chi connectivity index (χ1n) is 10.6. The molecule has 0 saturated heterocycles. The Balaban J connectivity index is 2.06. The van der Waals surface area contributed by atoms with E-state index in [1.807, 2.05) is 50.3 Å². The van der Waals surface area contributed by atoms with Crippen molar-refractivity contribution in [3.8, 4) is 6.07 Å². The molecule has 1 atom stereocenters. The van der Waals surface area contributed by atoms with Crippen LogP contribution < -0.4 is 10.6 Å². The van der Waals surface area contributed by atoms with E-state index in [4.69, 9.17) is 5.26 Å². The quantitative estimate of drug-likeness (QED) is 0.552. The Hall–Kier alpha value is -3.46. The number of urea groups is 1. The van der Waals surface area contributed by atoms with Gasteiger partial charge in [-0.3, -0.25) is 0 Å². The number of unbranched alkanes of at least 4 members (excludes halogenated alkanes) is 1. The summed E-state index contributed by atoms with van der Waals surface area (Å²) in [7, 11) is 0. The zero-order valence-electron chi connectivity index (χ0n) is 18.8. The Kier molecular flexibility index (Phi) is 8.95. The molecular formula is C25H31N5O. The van der Waals surface area contributed by atoms with Crippen LogP contribution in [0.4, 0.5) is 4.79 Å². The fourth-order valence-corrected chi connectivity index (χ4v) is 3.25. The van der Waals surface area contributed by atoms with Crippen LogP contribution in [-0.4, -0.2) is 16.0 Å². The third-order valence-electron chi connectivity index (χ3n) is 4.99. The average molecular weight is 418 g/mol. The number of aromatic nitrogens is 2. The third kappa shape index (κ3) is 7.71. The van der Waals surface area contributed by atoms with Gasteiger partial charge < -0.3 is 10.6 Å². The summed E-state index contributed by atoms with van der Waals surface area (Å²) < 4.78 is 0. The second-order valence-electron chi connectivity index (χ2n) is 7.92. The topological polar surface area (TPSA) is 90.7 Å². The van der Waals surface area contributed by atoms with E-state index in [0.29, 0.717) is 12.1 Å². The fourth-order valence-electron chi connectivity index (χ4n) is 3.25. The van der Waals surface area contributed by atoms with Crippen molar-refractivity contribution < 1.29 is 4.79 Å². The summed E-state index contributed by atoms with van der Waals surface area (Å²) in [6.07, 6.45) is 8.94.